The van der Waals surface area contributed by atoms with Crippen molar-refractivity contribution in [3.63, 3.8) is 0 Å². The third kappa shape index (κ3) is 9.77. The molecule has 8 aromatic rings. The molecule has 0 saturated carbocycles. The van der Waals surface area contributed by atoms with Gasteiger partial charge in [0.05, 0.1) is 7.11 Å². The van der Waals surface area contributed by atoms with E-state index in [4.69, 9.17) is 9.47 Å². The number of anilines is 6. The maximum absolute atomic E-state index is 13.5. The molecular weight excluding hydrogens is 777 g/mol. The molecule has 0 aliphatic heterocycles. The van der Waals surface area contributed by atoms with Crippen LogP contribution in [0.1, 0.15) is 54.2 Å². The number of carbonyl (C=O) groups excluding carboxylic acids is 2. The molecule has 0 bridgehead atoms. The largest absolute Gasteiger partial charge is 0.497 e. The van der Waals surface area contributed by atoms with Gasteiger partial charge < -0.3 is 19.3 Å². The molecule has 0 atom stereocenters. The Morgan fingerprint density at radius 1 is 0.476 bits per heavy atom. The van der Waals surface area contributed by atoms with Crippen LogP contribution >= 0.6 is 0 Å². The Balaban J connectivity index is 0.971. The van der Waals surface area contributed by atoms with E-state index in [1.54, 1.807) is 7.11 Å². The lowest BCUT2D eigenvalue weighted by Crippen LogP contribution is -2.19. The van der Waals surface area contributed by atoms with E-state index in [0.29, 0.717) is 24.2 Å². The molecule has 8 aromatic carbocycles. The van der Waals surface area contributed by atoms with Crippen LogP contribution in [0.4, 0.5) is 34.1 Å². The molecule has 0 spiro atoms. The standard InChI is InChI=1S/C57H50N2O4/c1-41(60)63-55-35-27-47(28-36-55)57(2,3)46-25-19-45(20-26-46)56(61)39-18-42-12-11-17-53(40-42)59(49-15-9-6-10-16-49)51-31-23-44(24-32-51)43-21-29-50(30-22-43)58(48-13-7-5-8-14-48)52-33-37-54(62-4)38-34-52/h5-17,19-38,40H,18,39H2,1-4H3. The summed E-state index contributed by atoms with van der Waals surface area (Å²) in [6.07, 6.45) is 1.01. The van der Waals surface area contributed by atoms with Crippen LogP contribution in [0.3, 0.4) is 0 Å². The number of ketones is 1. The van der Waals surface area contributed by atoms with Crippen molar-refractivity contribution < 1.29 is 19.1 Å². The fraction of sp³-hybridized carbons (Fsp3) is 0.123. The quantitative estimate of drug-likeness (QED) is 0.0583. The van der Waals surface area contributed by atoms with Gasteiger partial charge in [0.25, 0.3) is 0 Å². The molecule has 0 saturated heterocycles. The van der Waals surface area contributed by atoms with Gasteiger partial charge in [-0.1, -0.05) is 123 Å². The van der Waals surface area contributed by atoms with Gasteiger partial charge in [0.15, 0.2) is 5.78 Å². The summed E-state index contributed by atoms with van der Waals surface area (Å²) in [5, 5.41) is 0. The van der Waals surface area contributed by atoms with E-state index in [0.717, 1.165) is 67.7 Å². The second-order valence-electron chi connectivity index (χ2n) is 16.0. The van der Waals surface area contributed by atoms with Gasteiger partial charge in [-0.3, -0.25) is 9.59 Å². The third-order valence-electron chi connectivity index (χ3n) is 11.5. The maximum atomic E-state index is 13.5. The molecular formula is C57H50N2O4. The zero-order valence-electron chi connectivity index (χ0n) is 36.1. The number of esters is 1. The average Bonchev–Trinajstić information content (AvgIpc) is 3.32. The highest BCUT2D eigenvalue weighted by Gasteiger charge is 2.24. The first-order valence-electron chi connectivity index (χ1n) is 21.2. The van der Waals surface area contributed by atoms with E-state index in [9.17, 15) is 9.59 Å². The molecule has 0 N–H and O–H groups in total. The number of benzene rings is 8. The number of Topliss-reactive ketones (excluding diaryl/α,β-unsaturated/α-hetero) is 1. The first-order valence-corrected chi connectivity index (χ1v) is 21.2. The van der Waals surface area contributed by atoms with Gasteiger partial charge in [0.2, 0.25) is 0 Å². The Morgan fingerprint density at radius 3 is 1.40 bits per heavy atom. The molecule has 0 aliphatic carbocycles. The van der Waals surface area contributed by atoms with Gasteiger partial charge in [0, 0.05) is 58.4 Å². The van der Waals surface area contributed by atoms with Crippen LogP contribution in [-0.4, -0.2) is 18.9 Å². The van der Waals surface area contributed by atoms with Crippen molar-refractivity contribution in [2.24, 2.45) is 0 Å². The van der Waals surface area contributed by atoms with Crippen LogP contribution in [0.2, 0.25) is 0 Å². The SMILES string of the molecule is COc1ccc(N(c2ccccc2)c2ccc(-c3ccc(N(c4ccccc4)c4cccc(CCC(=O)c5ccc(C(C)(C)c6ccc(OC(C)=O)cc6)cc5)c4)cc3)cc2)cc1. The van der Waals surface area contributed by atoms with Crippen molar-refractivity contribution in [1.29, 1.82) is 0 Å². The average molecular weight is 827 g/mol. The highest BCUT2D eigenvalue weighted by atomic mass is 16.5. The summed E-state index contributed by atoms with van der Waals surface area (Å²) in [6, 6.07) is 70.2. The molecule has 312 valence electrons. The lowest BCUT2D eigenvalue weighted by molar-refractivity contribution is -0.131. The Bertz CT molecular complexity index is 2770. The summed E-state index contributed by atoms with van der Waals surface area (Å²) in [7, 11) is 1.68. The highest BCUT2D eigenvalue weighted by molar-refractivity contribution is 5.96. The number of rotatable bonds is 15. The Morgan fingerprint density at radius 2 is 0.905 bits per heavy atom. The topological polar surface area (TPSA) is 59.1 Å². The van der Waals surface area contributed by atoms with Gasteiger partial charge in [0.1, 0.15) is 11.5 Å². The lowest BCUT2D eigenvalue weighted by atomic mass is 9.78. The summed E-state index contributed by atoms with van der Waals surface area (Å²) in [4.78, 5) is 29.4. The molecule has 63 heavy (non-hydrogen) atoms. The molecule has 0 heterocycles. The van der Waals surface area contributed by atoms with E-state index >= 15 is 0 Å². The first kappa shape index (κ1) is 42.0. The Hall–Kier alpha value is -7.70. The number of methoxy groups -OCH3 is 1. The number of aryl methyl sites for hydroxylation is 1. The molecule has 8 rings (SSSR count). The predicted octanol–water partition coefficient (Wildman–Crippen LogP) is 14.4. The van der Waals surface area contributed by atoms with E-state index in [1.165, 1.54) is 6.92 Å². The number of hydrogen-bond donors (Lipinski definition) is 0. The smallest absolute Gasteiger partial charge is 0.308 e. The molecule has 6 nitrogen and oxygen atoms in total. The number of ether oxygens (including phenoxy) is 2. The van der Waals surface area contributed by atoms with Crippen LogP contribution in [0.5, 0.6) is 11.5 Å². The number of nitrogens with zero attached hydrogens (tertiary/aromatic N) is 2. The third-order valence-corrected chi connectivity index (χ3v) is 11.5. The molecule has 0 aliphatic rings. The second-order valence-corrected chi connectivity index (χ2v) is 16.0. The van der Waals surface area contributed by atoms with Crippen LogP contribution < -0.4 is 19.3 Å². The van der Waals surface area contributed by atoms with Gasteiger partial charge in [-0.2, -0.15) is 0 Å². The van der Waals surface area contributed by atoms with E-state index < -0.39 is 0 Å². The van der Waals surface area contributed by atoms with Gasteiger partial charge in [-0.15, -0.1) is 0 Å². The minimum atomic E-state index is -0.344. The summed E-state index contributed by atoms with van der Waals surface area (Å²) < 4.78 is 10.6. The second kappa shape index (κ2) is 18.9. The fourth-order valence-electron chi connectivity index (χ4n) is 7.98. The Labute approximate surface area is 370 Å². The summed E-state index contributed by atoms with van der Waals surface area (Å²) >= 11 is 0. The van der Waals surface area contributed by atoms with Crippen molar-refractivity contribution >= 4 is 45.9 Å². The Kier molecular flexibility index (Phi) is 12.6. The normalized spacial score (nSPS) is 11.1. The highest BCUT2D eigenvalue weighted by Crippen LogP contribution is 2.39. The monoisotopic (exact) mass is 826 g/mol. The molecule has 0 amide bonds. The van der Waals surface area contributed by atoms with Gasteiger partial charge in [-0.05, 0) is 131 Å². The van der Waals surface area contributed by atoms with Crippen molar-refractivity contribution in [1.82, 2.24) is 0 Å². The molecule has 6 heteroatoms. The fourth-order valence-corrected chi connectivity index (χ4v) is 7.98. The van der Waals surface area contributed by atoms with Crippen molar-refractivity contribution in [2.45, 2.75) is 39.0 Å². The zero-order valence-corrected chi connectivity index (χ0v) is 36.1. The summed E-state index contributed by atoms with van der Waals surface area (Å²) in [6.45, 7) is 5.69. The predicted molar refractivity (Wildman–Crippen MR) is 257 cm³/mol. The van der Waals surface area contributed by atoms with Crippen LogP contribution in [0.15, 0.2) is 206 Å². The van der Waals surface area contributed by atoms with Gasteiger partial charge >= 0.3 is 5.97 Å². The zero-order chi connectivity index (χ0) is 43.8. The maximum Gasteiger partial charge on any atom is 0.308 e. The molecule has 0 aromatic heterocycles. The van der Waals surface area contributed by atoms with Crippen molar-refractivity contribution in [3.8, 4) is 22.6 Å². The molecule has 0 radical (unpaired) electrons. The van der Waals surface area contributed by atoms with Crippen LogP contribution in [0, 0.1) is 0 Å². The minimum absolute atomic E-state index is 0.104. The number of para-hydroxylation sites is 2. The minimum Gasteiger partial charge on any atom is -0.497 e. The molecule has 0 unspecified atom stereocenters. The summed E-state index contributed by atoms with van der Waals surface area (Å²) in [5.41, 5.74) is 12.2. The first-order chi connectivity index (χ1) is 30.7. The van der Waals surface area contributed by atoms with E-state index in [-0.39, 0.29) is 17.2 Å². The summed E-state index contributed by atoms with van der Waals surface area (Å²) in [5.74, 6) is 1.10. The van der Waals surface area contributed by atoms with Crippen LogP contribution in [0.25, 0.3) is 11.1 Å². The van der Waals surface area contributed by atoms with E-state index in [2.05, 4.69) is 157 Å². The van der Waals surface area contributed by atoms with Crippen molar-refractivity contribution in [2.75, 3.05) is 16.9 Å². The van der Waals surface area contributed by atoms with Crippen LogP contribution in [-0.2, 0) is 16.6 Å². The van der Waals surface area contributed by atoms with Gasteiger partial charge in [-0.25, -0.2) is 0 Å². The number of hydrogen-bond acceptors (Lipinski definition) is 6. The number of carbonyl (C=O) groups is 2. The van der Waals surface area contributed by atoms with Crippen molar-refractivity contribution in [3.05, 3.63) is 229 Å². The van der Waals surface area contributed by atoms with E-state index in [1.807, 2.05) is 72.8 Å². The lowest BCUT2D eigenvalue weighted by Gasteiger charge is -2.26. The molecule has 0 fully saturated rings.